The third-order valence-corrected chi connectivity index (χ3v) is 3.45. The van der Waals surface area contributed by atoms with Crippen molar-refractivity contribution in [3.05, 3.63) is 64.7 Å². The molecule has 0 spiro atoms. The second-order valence-corrected chi connectivity index (χ2v) is 5.01. The molecule has 0 unspecified atom stereocenters. The van der Waals surface area contributed by atoms with Crippen LogP contribution in [0.2, 0.25) is 0 Å². The predicted octanol–water partition coefficient (Wildman–Crippen LogP) is 2.86. The number of rotatable bonds is 3. The average molecular weight is 288 g/mol. The van der Waals surface area contributed by atoms with Crippen molar-refractivity contribution in [1.29, 1.82) is 0 Å². The number of carbonyl (C=O) groups excluding carboxylic acids is 1. The van der Waals surface area contributed by atoms with E-state index < -0.39 is 11.6 Å². The first-order chi connectivity index (χ1) is 10.1. The lowest BCUT2D eigenvalue weighted by molar-refractivity contribution is 0.0946. The Morgan fingerprint density at radius 3 is 2.62 bits per heavy atom. The lowest BCUT2D eigenvalue weighted by atomic mass is 10.00. The SMILES string of the molecule is O=C1NCCc2ccc(NCc3cc(F)cc(F)c3)cc21. The summed E-state index contributed by atoms with van der Waals surface area (Å²) in [5.74, 6) is -1.29. The maximum Gasteiger partial charge on any atom is 0.251 e. The Kier molecular flexibility index (Phi) is 3.56. The lowest BCUT2D eigenvalue weighted by Gasteiger charge is -2.17. The summed E-state index contributed by atoms with van der Waals surface area (Å²) in [6.45, 7) is 0.941. The summed E-state index contributed by atoms with van der Waals surface area (Å²) in [6, 6.07) is 8.93. The average Bonchev–Trinajstić information content (AvgIpc) is 2.45. The van der Waals surface area contributed by atoms with Crippen molar-refractivity contribution in [2.45, 2.75) is 13.0 Å². The lowest BCUT2D eigenvalue weighted by Crippen LogP contribution is -2.31. The predicted molar refractivity (Wildman–Crippen MR) is 76.2 cm³/mol. The molecule has 3 rings (SSSR count). The van der Waals surface area contributed by atoms with E-state index in [0.29, 0.717) is 17.7 Å². The van der Waals surface area contributed by atoms with Crippen LogP contribution in [0.5, 0.6) is 0 Å². The molecule has 1 amide bonds. The fraction of sp³-hybridized carbons (Fsp3) is 0.188. The Morgan fingerprint density at radius 2 is 1.86 bits per heavy atom. The monoisotopic (exact) mass is 288 g/mol. The summed E-state index contributed by atoms with van der Waals surface area (Å²) < 4.78 is 26.2. The highest BCUT2D eigenvalue weighted by Crippen LogP contribution is 2.20. The van der Waals surface area contributed by atoms with Crippen LogP contribution in [-0.2, 0) is 13.0 Å². The Hall–Kier alpha value is -2.43. The van der Waals surface area contributed by atoms with Crippen LogP contribution in [0.4, 0.5) is 14.5 Å². The van der Waals surface area contributed by atoms with Crippen LogP contribution in [0.25, 0.3) is 0 Å². The molecule has 0 saturated heterocycles. The minimum absolute atomic E-state index is 0.0864. The number of carbonyl (C=O) groups is 1. The Bertz CT molecular complexity index is 680. The van der Waals surface area contributed by atoms with Crippen molar-refractivity contribution in [3.63, 3.8) is 0 Å². The molecule has 1 heterocycles. The minimum atomic E-state index is -0.600. The van der Waals surface area contributed by atoms with E-state index in [0.717, 1.165) is 23.7 Å². The standard InChI is InChI=1S/C16H14F2N2O/c17-12-5-10(6-13(18)7-12)9-20-14-2-1-11-3-4-19-16(21)15(11)8-14/h1-2,5-8,20H,3-4,9H2,(H,19,21). The number of hydrogen-bond acceptors (Lipinski definition) is 2. The highest BCUT2D eigenvalue weighted by Gasteiger charge is 2.16. The molecule has 0 aromatic heterocycles. The molecular formula is C16H14F2N2O. The van der Waals surface area contributed by atoms with Crippen molar-refractivity contribution in [1.82, 2.24) is 5.32 Å². The van der Waals surface area contributed by atoms with E-state index in [2.05, 4.69) is 10.6 Å². The van der Waals surface area contributed by atoms with Crippen LogP contribution in [0, 0.1) is 11.6 Å². The number of nitrogens with one attached hydrogen (secondary N) is 2. The molecule has 2 aromatic carbocycles. The summed E-state index contributed by atoms with van der Waals surface area (Å²) in [5.41, 5.74) is 2.92. The number of anilines is 1. The molecule has 0 saturated carbocycles. The van der Waals surface area contributed by atoms with Gasteiger partial charge in [0.15, 0.2) is 0 Å². The van der Waals surface area contributed by atoms with Gasteiger partial charge in [0.05, 0.1) is 0 Å². The van der Waals surface area contributed by atoms with Gasteiger partial charge in [-0.1, -0.05) is 6.07 Å². The first-order valence-electron chi connectivity index (χ1n) is 6.72. The highest BCUT2D eigenvalue weighted by atomic mass is 19.1. The first-order valence-corrected chi connectivity index (χ1v) is 6.72. The maximum atomic E-state index is 13.1. The zero-order valence-electron chi connectivity index (χ0n) is 11.2. The highest BCUT2D eigenvalue weighted by molar-refractivity contribution is 5.97. The van der Waals surface area contributed by atoms with E-state index in [1.54, 1.807) is 6.07 Å². The van der Waals surface area contributed by atoms with E-state index in [9.17, 15) is 13.6 Å². The van der Waals surface area contributed by atoms with Crippen LogP contribution in [0.3, 0.4) is 0 Å². The molecule has 0 bridgehead atoms. The van der Waals surface area contributed by atoms with Crippen molar-refractivity contribution in [3.8, 4) is 0 Å². The van der Waals surface area contributed by atoms with Crippen LogP contribution in [-0.4, -0.2) is 12.5 Å². The van der Waals surface area contributed by atoms with Crippen molar-refractivity contribution >= 4 is 11.6 Å². The Balaban J connectivity index is 1.76. The fourth-order valence-electron chi connectivity index (χ4n) is 2.44. The van der Waals surface area contributed by atoms with Gasteiger partial charge in [0.1, 0.15) is 11.6 Å². The number of amides is 1. The van der Waals surface area contributed by atoms with Gasteiger partial charge < -0.3 is 10.6 Å². The molecule has 2 N–H and O–H groups in total. The van der Waals surface area contributed by atoms with Crippen LogP contribution in [0.1, 0.15) is 21.5 Å². The quantitative estimate of drug-likeness (QED) is 0.912. The third-order valence-electron chi connectivity index (χ3n) is 3.45. The summed E-state index contributed by atoms with van der Waals surface area (Å²) in [7, 11) is 0. The maximum absolute atomic E-state index is 13.1. The number of hydrogen-bond donors (Lipinski definition) is 2. The fourth-order valence-corrected chi connectivity index (χ4v) is 2.44. The van der Waals surface area contributed by atoms with E-state index >= 15 is 0 Å². The molecule has 0 aliphatic carbocycles. The molecule has 0 fully saturated rings. The molecule has 1 aliphatic heterocycles. The van der Waals surface area contributed by atoms with Gasteiger partial charge in [-0.25, -0.2) is 8.78 Å². The number of fused-ring (bicyclic) bond motifs is 1. The van der Waals surface area contributed by atoms with E-state index in [-0.39, 0.29) is 12.5 Å². The summed E-state index contributed by atoms with van der Waals surface area (Å²) in [5, 5.41) is 5.86. The van der Waals surface area contributed by atoms with Gasteiger partial charge >= 0.3 is 0 Å². The molecule has 0 radical (unpaired) electrons. The van der Waals surface area contributed by atoms with Crippen LogP contribution >= 0.6 is 0 Å². The topological polar surface area (TPSA) is 41.1 Å². The third kappa shape index (κ3) is 3.02. The van der Waals surface area contributed by atoms with Crippen molar-refractivity contribution in [2.75, 3.05) is 11.9 Å². The Morgan fingerprint density at radius 1 is 1.10 bits per heavy atom. The summed E-state index contributed by atoms with van der Waals surface area (Å²) >= 11 is 0. The molecule has 2 aromatic rings. The number of benzene rings is 2. The van der Waals surface area contributed by atoms with Gasteiger partial charge in [0, 0.05) is 30.4 Å². The largest absolute Gasteiger partial charge is 0.381 e. The zero-order valence-corrected chi connectivity index (χ0v) is 11.2. The van der Waals surface area contributed by atoms with Gasteiger partial charge in [-0.15, -0.1) is 0 Å². The molecular weight excluding hydrogens is 274 g/mol. The minimum Gasteiger partial charge on any atom is -0.381 e. The molecule has 5 heteroatoms. The van der Waals surface area contributed by atoms with Crippen molar-refractivity contribution < 1.29 is 13.6 Å². The smallest absolute Gasteiger partial charge is 0.251 e. The normalized spacial score (nSPS) is 13.5. The zero-order chi connectivity index (χ0) is 14.8. The van der Waals surface area contributed by atoms with E-state index in [4.69, 9.17) is 0 Å². The Labute approximate surface area is 121 Å². The van der Waals surface area contributed by atoms with Gasteiger partial charge in [-0.3, -0.25) is 4.79 Å². The van der Waals surface area contributed by atoms with Gasteiger partial charge in [0.2, 0.25) is 0 Å². The molecule has 1 aliphatic rings. The van der Waals surface area contributed by atoms with Crippen LogP contribution < -0.4 is 10.6 Å². The van der Waals surface area contributed by atoms with Gasteiger partial charge in [0.25, 0.3) is 5.91 Å². The molecule has 108 valence electrons. The second kappa shape index (κ2) is 5.52. The van der Waals surface area contributed by atoms with Crippen molar-refractivity contribution in [2.24, 2.45) is 0 Å². The molecule has 0 atom stereocenters. The van der Waals surface area contributed by atoms with Crippen LogP contribution in [0.15, 0.2) is 36.4 Å². The number of halogens is 2. The molecule has 3 nitrogen and oxygen atoms in total. The second-order valence-electron chi connectivity index (χ2n) is 5.01. The molecule has 21 heavy (non-hydrogen) atoms. The van der Waals surface area contributed by atoms with Gasteiger partial charge in [-0.05, 0) is 41.8 Å². The first kappa shape index (κ1) is 13.5. The van der Waals surface area contributed by atoms with Gasteiger partial charge in [-0.2, -0.15) is 0 Å². The van der Waals surface area contributed by atoms with E-state index in [1.165, 1.54) is 12.1 Å². The summed E-state index contributed by atoms with van der Waals surface area (Å²) in [4.78, 5) is 11.8. The summed E-state index contributed by atoms with van der Waals surface area (Å²) in [6.07, 6.45) is 0.816. The van der Waals surface area contributed by atoms with E-state index in [1.807, 2.05) is 12.1 Å².